The number of methoxy groups -OCH3 is 3. The Morgan fingerprint density at radius 1 is 1.19 bits per heavy atom. The molecule has 2 amide bonds. The summed E-state index contributed by atoms with van der Waals surface area (Å²) in [6, 6.07) is 4.72. The summed E-state index contributed by atoms with van der Waals surface area (Å²) >= 11 is 1.55. The predicted octanol–water partition coefficient (Wildman–Crippen LogP) is 2.52. The molecular weight excluding hydrogens is 368 g/mol. The summed E-state index contributed by atoms with van der Waals surface area (Å²) in [5.74, 6) is 0.972. The van der Waals surface area contributed by atoms with Crippen LogP contribution in [0.5, 0.6) is 17.2 Å². The third kappa shape index (κ3) is 4.00. The number of benzene rings is 1. The van der Waals surface area contributed by atoms with E-state index in [9.17, 15) is 9.59 Å². The van der Waals surface area contributed by atoms with Gasteiger partial charge in [-0.3, -0.25) is 9.59 Å². The van der Waals surface area contributed by atoms with Gasteiger partial charge >= 0.3 is 0 Å². The van der Waals surface area contributed by atoms with Crippen LogP contribution in [0.25, 0.3) is 0 Å². The van der Waals surface area contributed by atoms with Gasteiger partial charge in [-0.25, -0.2) is 0 Å². The van der Waals surface area contributed by atoms with E-state index in [0.29, 0.717) is 35.7 Å². The molecule has 1 aromatic heterocycles. The maximum Gasteiger partial charge on any atom is 0.251 e. The van der Waals surface area contributed by atoms with Crippen molar-refractivity contribution in [2.75, 3.05) is 21.3 Å². The Morgan fingerprint density at radius 3 is 2.44 bits per heavy atom. The van der Waals surface area contributed by atoms with Gasteiger partial charge in [0.2, 0.25) is 11.7 Å². The SMILES string of the molecule is COc1cc(C(=O)N[C@@H]2CCC(=O)N[C@H]2c2ccsc2)cc(OC)c1OC. The van der Waals surface area contributed by atoms with Gasteiger partial charge in [0.25, 0.3) is 5.91 Å². The molecule has 27 heavy (non-hydrogen) atoms. The highest BCUT2D eigenvalue weighted by atomic mass is 32.1. The Balaban J connectivity index is 1.84. The van der Waals surface area contributed by atoms with Crippen LogP contribution >= 0.6 is 11.3 Å². The van der Waals surface area contributed by atoms with Crippen molar-refractivity contribution in [2.45, 2.75) is 24.9 Å². The molecule has 144 valence electrons. The molecule has 3 rings (SSSR count). The molecule has 2 atom stereocenters. The molecule has 1 fully saturated rings. The number of piperidine rings is 1. The van der Waals surface area contributed by atoms with Crippen LogP contribution in [0.3, 0.4) is 0 Å². The van der Waals surface area contributed by atoms with Crippen molar-refractivity contribution in [1.82, 2.24) is 10.6 Å². The van der Waals surface area contributed by atoms with E-state index < -0.39 is 0 Å². The van der Waals surface area contributed by atoms with Crippen molar-refractivity contribution in [2.24, 2.45) is 0 Å². The summed E-state index contributed by atoms with van der Waals surface area (Å²) < 4.78 is 15.9. The van der Waals surface area contributed by atoms with E-state index >= 15 is 0 Å². The fourth-order valence-electron chi connectivity index (χ4n) is 3.19. The van der Waals surface area contributed by atoms with Crippen LogP contribution in [0.1, 0.15) is 34.8 Å². The second-order valence-corrected chi connectivity index (χ2v) is 6.91. The highest BCUT2D eigenvalue weighted by Crippen LogP contribution is 2.38. The van der Waals surface area contributed by atoms with Crippen molar-refractivity contribution < 1.29 is 23.8 Å². The van der Waals surface area contributed by atoms with Crippen LogP contribution in [0.4, 0.5) is 0 Å². The Bertz CT molecular complexity index is 797. The van der Waals surface area contributed by atoms with Gasteiger partial charge in [0.15, 0.2) is 11.5 Å². The lowest BCUT2D eigenvalue weighted by molar-refractivity contribution is -0.123. The quantitative estimate of drug-likeness (QED) is 0.792. The number of carbonyl (C=O) groups excluding carboxylic acids is 2. The van der Waals surface area contributed by atoms with Gasteiger partial charge in [-0.05, 0) is 40.9 Å². The predicted molar refractivity (Wildman–Crippen MR) is 102 cm³/mol. The highest BCUT2D eigenvalue weighted by molar-refractivity contribution is 7.08. The number of nitrogens with one attached hydrogen (secondary N) is 2. The third-order valence-electron chi connectivity index (χ3n) is 4.55. The van der Waals surface area contributed by atoms with Gasteiger partial charge in [0.1, 0.15) is 0 Å². The lowest BCUT2D eigenvalue weighted by Gasteiger charge is -2.32. The second-order valence-electron chi connectivity index (χ2n) is 6.13. The lowest BCUT2D eigenvalue weighted by Crippen LogP contribution is -2.50. The minimum Gasteiger partial charge on any atom is -0.493 e. The lowest BCUT2D eigenvalue weighted by atomic mass is 9.93. The molecule has 1 aromatic carbocycles. The molecular formula is C19H22N2O5S. The molecule has 2 heterocycles. The molecule has 1 aliphatic rings. The van der Waals surface area contributed by atoms with Gasteiger partial charge in [-0.1, -0.05) is 0 Å². The van der Waals surface area contributed by atoms with Crippen molar-refractivity contribution >= 4 is 23.2 Å². The number of amides is 2. The first-order valence-corrected chi connectivity index (χ1v) is 9.44. The van der Waals surface area contributed by atoms with Crippen molar-refractivity contribution in [3.05, 3.63) is 40.1 Å². The van der Waals surface area contributed by atoms with Crippen molar-refractivity contribution in [3.8, 4) is 17.2 Å². The van der Waals surface area contributed by atoms with Crippen LogP contribution in [0.2, 0.25) is 0 Å². The Labute approximate surface area is 161 Å². The Morgan fingerprint density at radius 2 is 1.89 bits per heavy atom. The van der Waals surface area contributed by atoms with Crippen LogP contribution in [-0.2, 0) is 4.79 Å². The van der Waals surface area contributed by atoms with E-state index in [-0.39, 0.29) is 23.9 Å². The first-order chi connectivity index (χ1) is 13.1. The zero-order chi connectivity index (χ0) is 19.4. The molecule has 1 aliphatic heterocycles. The summed E-state index contributed by atoms with van der Waals surface area (Å²) in [7, 11) is 4.51. The number of hydrogen-bond donors (Lipinski definition) is 2. The number of carbonyl (C=O) groups is 2. The van der Waals surface area contributed by atoms with Gasteiger partial charge in [0.05, 0.1) is 33.4 Å². The summed E-state index contributed by atoms with van der Waals surface area (Å²) in [6.07, 6.45) is 0.948. The van der Waals surface area contributed by atoms with Gasteiger partial charge in [-0.15, -0.1) is 0 Å². The standard InChI is InChI=1S/C19H22N2O5S/c1-24-14-8-12(9-15(25-2)18(14)26-3)19(23)20-13-4-5-16(22)21-17(13)11-6-7-27-10-11/h6-10,13,17H,4-5H2,1-3H3,(H,20,23)(H,21,22)/t13-,17+/m1/s1. The number of ether oxygens (including phenoxy) is 3. The summed E-state index contributed by atoms with van der Waals surface area (Å²) in [6.45, 7) is 0. The monoisotopic (exact) mass is 390 g/mol. The van der Waals surface area contributed by atoms with Crippen LogP contribution < -0.4 is 24.8 Å². The first kappa shape index (κ1) is 19.0. The second kappa shape index (κ2) is 8.30. The molecule has 2 N–H and O–H groups in total. The smallest absolute Gasteiger partial charge is 0.251 e. The zero-order valence-electron chi connectivity index (χ0n) is 15.4. The molecule has 8 heteroatoms. The average molecular weight is 390 g/mol. The molecule has 0 aliphatic carbocycles. The zero-order valence-corrected chi connectivity index (χ0v) is 16.2. The number of rotatable bonds is 6. The molecule has 7 nitrogen and oxygen atoms in total. The fraction of sp³-hybridized carbons (Fsp3) is 0.368. The summed E-state index contributed by atoms with van der Waals surface area (Å²) in [5.41, 5.74) is 1.38. The Kier molecular flexibility index (Phi) is 5.85. The number of hydrogen-bond acceptors (Lipinski definition) is 6. The van der Waals surface area contributed by atoms with E-state index in [1.54, 1.807) is 23.5 Å². The van der Waals surface area contributed by atoms with Crippen LogP contribution in [0, 0.1) is 0 Å². The topological polar surface area (TPSA) is 85.9 Å². The highest BCUT2D eigenvalue weighted by Gasteiger charge is 2.31. The molecule has 0 saturated carbocycles. The average Bonchev–Trinajstić information content (AvgIpc) is 3.22. The van der Waals surface area contributed by atoms with E-state index in [1.807, 2.05) is 16.8 Å². The van der Waals surface area contributed by atoms with E-state index in [1.165, 1.54) is 21.3 Å². The van der Waals surface area contributed by atoms with Crippen molar-refractivity contribution in [1.29, 1.82) is 0 Å². The maximum atomic E-state index is 12.9. The third-order valence-corrected chi connectivity index (χ3v) is 5.25. The normalized spacial score (nSPS) is 19.1. The largest absolute Gasteiger partial charge is 0.493 e. The van der Waals surface area contributed by atoms with Crippen LogP contribution in [0.15, 0.2) is 29.0 Å². The molecule has 0 bridgehead atoms. The first-order valence-electron chi connectivity index (χ1n) is 8.49. The van der Waals surface area contributed by atoms with E-state index in [0.717, 1.165) is 5.56 Å². The van der Waals surface area contributed by atoms with E-state index in [4.69, 9.17) is 14.2 Å². The van der Waals surface area contributed by atoms with Gasteiger partial charge in [-0.2, -0.15) is 11.3 Å². The minimum atomic E-state index is -0.268. The van der Waals surface area contributed by atoms with Gasteiger partial charge in [0, 0.05) is 12.0 Å². The maximum absolute atomic E-state index is 12.9. The molecule has 0 unspecified atom stereocenters. The van der Waals surface area contributed by atoms with Crippen LogP contribution in [-0.4, -0.2) is 39.2 Å². The fourth-order valence-corrected chi connectivity index (χ4v) is 3.88. The molecule has 1 saturated heterocycles. The minimum absolute atomic E-state index is 0.00974. The van der Waals surface area contributed by atoms with Gasteiger partial charge < -0.3 is 24.8 Å². The molecule has 0 radical (unpaired) electrons. The summed E-state index contributed by atoms with van der Waals surface area (Å²) in [5, 5.41) is 9.94. The Hall–Kier alpha value is -2.74. The van der Waals surface area contributed by atoms with E-state index in [2.05, 4.69) is 10.6 Å². The number of thiophene rings is 1. The summed E-state index contributed by atoms with van der Waals surface area (Å²) in [4.78, 5) is 24.7. The molecule has 0 spiro atoms. The molecule has 2 aromatic rings. The van der Waals surface area contributed by atoms with Crippen molar-refractivity contribution in [3.63, 3.8) is 0 Å².